The third-order valence-corrected chi connectivity index (χ3v) is 5.08. The number of aliphatic hydroxyl groups excluding tert-OH is 2. The predicted octanol–water partition coefficient (Wildman–Crippen LogP) is -1.54. The number of rotatable bonds is 8. The third-order valence-electron chi connectivity index (χ3n) is 5.08. The first-order valence-electron chi connectivity index (χ1n) is 9.83. The number of aryl methyl sites for hydroxylation is 1. The second kappa shape index (κ2) is 9.83. The fraction of sp³-hybridized carbons (Fsp3) is 0.474. The molecule has 12 nitrogen and oxygen atoms in total. The molecular weight excluding hydrogens is 408 g/mol. The molecule has 168 valence electrons. The van der Waals surface area contributed by atoms with Crippen LogP contribution in [0.4, 0.5) is 5.82 Å². The van der Waals surface area contributed by atoms with Crippen LogP contribution in [0.3, 0.4) is 0 Å². The molecule has 0 saturated carbocycles. The standard InChI is InChI=1S/C19H26N6O6/c1-11-9-25(16-7-13(27)14(10-26)31-16)19(30)24(18(11)29)6-2-5-21-17(28)12-3-4-15(23-20)22-8-12/h3-4,8-9,13-14,16,26-27H,2,5-7,10,20H2,1H3,(H,21,28)(H,22,23)/t13-,14+,16+/m0/s1. The van der Waals surface area contributed by atoms with E-state index in [0.717, 1.165) is 4.57 Å². The van der Waals surface area contributed by atoms with Gasteiger partial charge in [0, 0.05) is 37.5 Å². The largest absolute Gasteiger partial charge is 0.394 e. The van der Waals surface area contributed by atoms with E-state index in [0.29, 0.717) is 23.4 Å². The summed E-state index contributed by atoms with van der Waals surface area (Å²) in [4.78, 5) is 41.4. The Labute approximate surface area is 177 Å². The molecule has 1 aliphatic rings. The van der Waals surface area contributed by atoms with Gasteiger partial charge in [-0.15, -0.1) is 0 Å². The monoisotopic (exact) mass is 434 g/mol. The van der Waals surface area contributed by atoms with Crippen molar-refractivity contribution < 1.29 is 19.7 Å². The van der Waals surface area contributed by atoms with Gasteiger partial charge in [0.2, 0.25) is 0 Å². The Bertz CT molecular complexity index is 1030. The summed E-state index contributed by atoms with van der Waals surface area (Å²) in [5, 5.41) is 21.9. The van der Waals surface area contributed by atoms with Crippen LogP contribution in [-0.2, 0) is 11.3 Å². The summed E-state index contributed by atoms with van der Waals surface area (Å²) < 4.78 is 7.87. The fourth-order valence-electron chi connectivity index (χ4n) is 3.37. The molecule has 0 bridgehead atoms. The van der Waals surface area contributed by atoms with E-state index in [2.05, 4.69) is 15.7 Å². The van der Waals surface area contributed by atoms with Crippen molar-refractivity contribution in [2.75, 3.05) is 18.6 Å². The lowest BCUT2D eigenvalue weighted by Crippen LogP contribution is -2.42. The SMILES string of the molecule is Cc1cn([C@H]2C[C@H](O)[C@@H](CO)O2)c(=O)n(CCCNC(=O)c2ccc(NN)nc2)c1=O. The second-order valence-corrected chi connectivity index (χ2v) is 7.26. The van der Waals surface area contributed by atoms with Crippen LogP contribution in [0.1, 0.15) is 35.0 Å². The van der Waals surface area contributed by atoms with Crippen LogP contribution in [0.5, 0.6) is 0 Å². The highest BCUT2D eigenvalue weighted by molar-refractivity contribution is 5.93. The summed E-state index contributed by atoms with van der Waals surface area (Å²) in [6.07, 6.45) is 0.790. The number of aliphatic hydroxyl groups is 2. The third kappa shape index (κ3) is 4.99. The van der Waals surface area contributed by atoms with Gasteiger partial charge in [0.05, 0.1) is 18.3 Å². The molecule has 0 unspecified atom stereocenters. The Kier molecular flexibility index (Phi) is 7.17. The number of amides is 1. The number of aromatic nitrogens is 3. The second-order valence-electron chi connectivity index (χ2n) is 7.26. The van der Waals surface area contributed by atoms with E-state index >= 15 is 0 Å². The molecule has 6 N–H and O–H groups in total. The van der Waals surface area contributed by atoms with Crippen LogP contribution in [0, 0.1) is 6.92 Å². The molecule has 0 radical (unpaired) electrons. The molecule has 2 aromatic rings. The lowest BCUT2D eigenvalue weighted by molar-refractivity contribution is -0.0464. The number of pyridine rings is 1. The highest BCUT2D eigenvalue weighted by Gasteiger charge is 2.35. The maximum atomic E-state index is 12.8. The van der Waals surface area contributed by atoms with Crippen LogP contribution in [0.2, 0.25) is 0 Å². The molecule has 3 atom stereocenters. The number of nitrogen functional groups attached to an aromatic ring is 1. The molecule has 1 amide bonds. The van der Waals surface area contributed by atoms with Gasteiger partial charge in [-0.2, -0.15) is 0 Å². The zero-order valence-corrected chi connectivity index (χ0v) is 17.0. The summed E-state index contributed by atoms with van der Waals surface area (Å²) in [6.45, 7) is 1.54. The molecule has 31 heavy (non-hydrogen) atoms. The van der Waals surface area contributed by atoms with E-state index in [1.807, 2.05) is 0 Å². The number of carbonyl (C=O) groups is 1. The van der Waals surface area contributed by atoms with Gasteiger partial charge >= 0.3 is 5.69 Å². The molecule has 3 rings (SSSR count). The summed E-state index contributed by atoms with van der Waals surface area (Å²) >= 11 is 0. The maximum absolute atomic E-state index is 12.8. The van der Waals surface area contributed by atoms with Gasteiger partial charge in [0.25, 0.3) is 11.5 Å². The number of hydrazine groups is 1. The number of carbonyl (C=O) groups excluding carboxylic acids is 1. The number of ether oxygens (including phenoxy) is 1. The molecule has 0 aromatic carbocycles. The maximum Gasteiger partial charge on any atom is 0.333 e. The number of anilines is 1. The Morgan fingerprint density at radius 1 is 1.39 bits per heavy atom. The first-order valence-corrected chi connectivity index (χ1v) is 9.83. The molecule has 0 spiro atoms. The van der Waals surface area contributed by atoms with E-state index in [9.17, 15) is 24.6 Å². The number of hydrogen-bond donors (Lipinski definition) is 5. The summed E-state index contributed by atoms with van der Waals surface area (Å²) in [6, 6.07) is 3.13. The molecule has 0 aliphatic carbocycles. The highest BCUT2D eigenvalue weighted by atomic mass is 16.5. The van der Waals surface area contributed by atoms with Crippen molar-refractivity contribution in [3.05, 3.63) is 56.5 Å². The van der Waals surface area contributed by atoms with Gasteiger partial charge in [-0.05, 0) is 25.5 Å². The smallest absolute Gasteiger partial charge is 0.333 e. The average molecular weight is 434 g/mol. The van der Waals surface area contributed by atoms with E-state index < -0.39 is 29.7 Å². The minimum absolute atomic E-state index is 0.0899. The van der Waals surface area contributed by atoms with E-state index in [-0.39, 0.29) is 32.0 Å². The van der Waals surface area contributed by atoms with Gasteiger partial charge in [-0.1, -0.05) is 0 Å². The minimum Gasteiger partial charge on any atom is -0.394 e. The number of nitrogens with zero attached hydrogens (tertiary/aromatic N) is 3. The minimum atomic E-state index is -0.901. The van der Waals surface area contributed by atoms with Gasteiger partial charge in [-0.25, -0.2) is 15.6 Å². The Morgan fingerprint density at radius 2 is 2.16 bits per heavy atom. The molecule has 1 saturated heterocycles. The lowest BCUT2D eigenvalue weighted by atomic mass is 10.2. The Hall–Kier alpha value is -3.06. The first-order chi connectivity index (χ1) is 14.8. The van der Waals surface area contributed by atoms with Crippen LogP contribution < -0.4 is 27.8 Å². The molecule has 3 heterocycles. The van der Waals surface area contributed by atoms with Crippen molar-refractivity contribution in [1.29, 1.82) is 0 Å². The van der Waals surface area contributed by atoms with Gasteiger partial charge < -0.3 is 25.7 Å². The van der Waals surface area contributed by atoms with Crippen molar-refractivity contribution in [3.63, 3.8) is 0 Å². The zero-order chi connectivity index (χ0) is 22.5. The van der Waals surface area contributed by atoms with E-state index in [1.165, 1.54) is 17.0 Å². The van der Waals surface area contributed by atoms with Crippen LogP contribution in [0.15, 0.2) is 34.1 Å². The van der Waals surface area contributed by atoms with Crippen molar-refractivity contribution >= 4 is 11.7 Å². The van der Waals surface area contributed by atoms with Crippen LogP contribution in [0.25, 0.3) is 0 Å². The van der Waals surface area contributed by atoms with Crippen LogP contribution in [-0.4, -0.2) is 55.6 Å². The molecule has 12 heteroatoms. The quantitative estimate of drug-likeness (QED) is 0.187. The highest BCUT2D eigenvalue weighted by Crippen LogP contribution is 2.27. The average Bonchev–Trinajstić information content (AvgIpc) is 3.15. The molecule has 1 aliphatic heterocycles. The number of nitrogens with two attached hydrogens (primary N) is 1. The molecular formula is C19H26N6O6. The van der Waals surface area contributed by atoms with E-state index in [4.69, 9.17) is 10.6 Å². The van der Waals surface area contributed by atoms with Crippen molar-refractivity contribution in [2.24, 2.45) is 5.84 Å². The van der Waals surface area contributed by atoms with Crippen LogP contribution >= 0.6 is 0 Å². The first kappa shape index (κ1) is 22.6. The van der Waals surface area contributed by atoms with E-state index in [1.54, 1.807) is 19.1 Å². The summed E-state index contributed by atoms with van der Waals surface area (Å²) in [5.74, 6) is 5.32. The number of nitrogens with one attached hydrogen (secondary N) is 2. The van der Waals surface area contributed by atoms with Crippen molar-refractivity contribution in [2.45, 2.75) is 44.7 Å². The zero-order valence-electron chi connectivity index (χ0n) is 17.0. The Balaban J connectivity index is 1.65. The van der Waals surface area contributed by atoms with Gasteiger partial charge in [0.15, 0.2) is 0 Å². The Morgan fingerprint density at radius 3 is 2.77 bits per heavy atom. The predicted molar refractivity (Wildman–Crippen MR) is 110 cm³/mol. The van der Waals surface area contributed by atoms with Gasteiger partial charge in [0.1, 0.15) is 18.1 Å². The normalized spacial score (nSPS) is 20.6. The number of hydrogen-bond acceptors (Lipinski definition) is 9. The molecule has 2 aromatic heterocycles. The summed E-state index contributed by atoms with van der Waals surface area (Å²) in [5.41, 5.74) is 2.05. The summed E-state index contributed by atoms with van der Waals surface area (Å²) in [7, 11) is 0. The molecule has 1 fully saturated rings. The fourth-order valence-corrected chi connectivity index (χ4v) is 3.37. The topological polar surface area (TPSA) is 174 Å². The van der Waals surface area contributed by atoms with Gasteiger partial charge in [-0.3, -0.25) is 18.7 Å². The van der Waals surface area contributed by atoms with Crippen molar-refractivity contribution in [3.8, 4) is 0 Å². The lowest BCUT2D eigenvalue weighted by Gasteiger charge is -2.17. The van der Waals surface area contributed by atoms with Crippen molar-refractivity contribution in [1.82, 2.24) is 19.4 Å².